The average Bonchev–Trinajstić information content (AvgIpc) is 2.84. The second-order valence-electron chi connectivity index (χ2n) is 3.92. The lowest BCUT2D eigenvalue weighted by Gasteiger charge is -2.19. The Hall–Kier alpha value is -0.730. The third-order valence-electron chi connectivity index (χ3n) is 2.50. The molecule has 7 heteroatoms. The van der Waals surface area contributed by atoms with Crippen molar-refractivity contribution in [1.29, 1.82) is 0 Å². The van der Waals surface area contributed by atoms with Crippen molar-refractivity contribution in [3.8, 4) is 0 Å². The van der Waals surface area contributed by atoms with Crippen LogP contribution < -0.4 is 5.32 Å². The third kappa shape index (κ3) is 4.39. The fourth-order valence-electron chi connectivity index (χ4n) is 1.56. The molecule has 1 heterocycles. The van der Waals surface area contributed by atoms with E-state index in [4.69, 9.17) is 4.74 Å². The van der Waals surface area contributed by atoms with Crippen LogP contribution >= 0.6 is 11.3 Å². The topological polar surface area (TPSA) is 58.6 Å². The van der Waals surface area contributed by atoms with Crippen molar-refractivity contribution in [3.05, 3.63) is 29.0 Å². The summed E-state index contributed by atoms with van der Waals surface area (Å²) in [7, 11) is -0.0884. The molecular weight excluding hydrogens is 284 g/mol. The minimum atomic E-state index is -3.47. The zero-order valence-electron chi connectivity index (χ0n) is 11.3. The molecule has 1 rings (SSSR count). The quantitative estimate of drug-likeness (QED) is 0.699. The predicted molar refractivity (Wildman–Crippen MR) is 77.9 cm³/mol. The fourth-order valence-corrected chi connectivity index (χ4v) is 4.23. The molecule has 19 heavy (non-hydrogen) atoms. The molecule has 0 atom stereocenters. The molecule has 0 spiro atoms. The number of hydrogen-bond acceptors (Lipinski definition) is 5. The van der Waals surface area contributed by atoms with Crippen LogP contribution in [0.3, 0.4) is 0 Å². The van der Waals surface area contributed by atoms with E-state index in [9.17, 15) is 8.42 Å². The van der Waals surface area contributed by atoms with E-state index in [-0.39, 0.29) is 6.54 Å². The van der Waals surface area contributed by atoms with Crippen molar-refractivity contribution in [3.63, 3.8) is 0 Å². The molecular formula is C12H20N2O3S2. The Morgan fingerprint density at radius 3 is 2.89 bits per heavy atom. The van der Waals surface area contributed by atoms with E-state index < -0.39 is 10.0 Å². The first kappa shape index (κ1) is 16.3. The van der Waals surface area contributed by atoms with Gasteiger partial charge < -0.3 is 10.1 Å². The van der Waals surface area contributed by atoms with Gasteiger partial charge in [0.25, 0.3) is 0 Å². The highest BCUT2D eigenvalue weighted by Crippen LogP contribution is 2.22. The largest absolute Gasteiger partial charge is 0.383 e. The molecule has 0 fully saturated rings. The van der Waals surface area contributed by atoms with E-state index in [2.05, 4.69) is 11.9 Å². The first-order valence-corrected chi connectivity index (χ1v) is 8.20. The van der Waals surface area contributed by atoms with Gasteiger partial charge in [0.2, 0.25) is 10.0 Å². The summed E-state index contributed by atoms with van der Waals surface area (Å²) in [5.41, 5.74) is 0. The van der Waals surface area contributed by atoms with Gasteiger partial charge in [-0.3, -0.25) is 0 Å². The van der Waals surface area contributed by atoms with Crippen molar-refractivity contribution >= 4 is 21.4 Å². The third-order valence-corrected chi connectivity index (χ3v) is 5.42. The number of ether oxygens (including phenoxy) is 1. The standard InChI is InChI=1S/C12H20N2O3S2/c1-4-5-14(6-7-17-3)19(15,16)12-8-11(9-13-2)18-10-12/h4,8,10,13H,1,5-7,9H2,2-3H3. The molecule has 0 aromatic carbocycles. The maximum absolute atomic E-state index is 12.5. The molecule has 0 saturated heterocycles. The summed E-state index contributed by atoms with van der Waals surface area (Å²) in [5, 5.41) is 4.67. The summed E-state index contributed by atoms with van der Waals surface area (Å²) in [6.45, 7) is 5.23. The molecule has 0 aliphatic carbocycles. The van der Waals surface area contributed by atoms with Crippen molar-refractivity contribution in [2.45, 2.75) is 11.4 Å². The summed E-state index contributed by atoms with van der Waals surface area (Å²) in [5.74, 6) is 0. The van der Waals surface area contributed by atoms with Gasteiger partial charge in [-0.15, -0.1) is 17.9 Å². The molecule has 1 aromatic rings. The van der Waals surface area contributed by atoms with E-state index in [0.29, 0.717) is 24.6 Å². The summed E-state index contributed by atoms with van der Waals surface area (Å²) < 4.78 is 31.2. The SMILES string of the molecule is C=CCN(CCOC)S(=O)(=O)c1csc(CNC)c1. The first-order valence-electron chi connectivity index (χ1n) is 5.88. The van der Waals surface area contributed by atoms with E-state index in [0.717, 1.165) is 4.88 Å². The number of nitrogens with one attached hydrogen (secondary N) is 1. The summed E-state index contributed by atoms with van der Waals surface area (Å²) in [4.78, 5) is 1.33. The molecule has 0 aliphatic rings. The van der Waals surface area contributed by atoms with Crippen LogP contribution in [0.25, 0.3) is 0 Å². The Labute approximate surface area is 118 Å². The van der Waals surface area contributed by atoms with Crippen molar-refractivity contribution in [2.24, 2.45) is 0 Å². The van der Waals surface area contributed by atoms with Gasteiger partial charge in [-0.1, -0.05) is 6.08 Å². The summed E-state index contributed by atoms with van der Waals surface area (Å²) in [6.07, 6.45) is 1.58. The van der Waals surface area contributed by atoms with Crippen molar-refractivity contribution in [2.75, 3.05) is 33.9 Å². The average molecular weight is 304 g/mol. The molecule has 0 amide bonds. The van der Waals surface area contributed by atoms with Gasteiger partial charge in [0.1, 0.15) is 0 Å². The minimum absolute atomic E-state index is 0.281. The lowest BCUT2D eigenvalue weighted by Crippen LogP contribution is -2.33. The fraction of sp³-hybridized carbons (Fsp3) is 0.500. The van der Waals surface area contributed by atoms with Crippen molar-refractivity contribution in [1.82, 2.24) is 9.62 Å². The zero-order valence-corrected chi connectivity index (χ0v) is 12.9. The smallest absolute Gasteiger partial charge is 0.244 e. The summed E-state index contributed by atoms with van der Waals surface area (Å²) >= 11 is 1.43. The van der Waals surface area contributed by atoms with Gasteiger partial charge in [0.05, 0.1) is 11.5 Å². The minimum Gasteiger partial charge on any atom is -0.383 e. The molecule has 1 aromatic heterocycles. The second kappa shape index (κ2) is 7.76. The van der Waals surface area contributed by atoms with Gasteiger partial charge in [-0.2, -0.15) is 4.31 Å². The second-order valence-corrected chi connectivity index (χ2v) is 6.86. The zero-order chi connectivity index (χ0) is 14.3. The Bertz CT molecular complexity index is 497. The number of hydrogen-bond donors (Lipinski definition) is 1. The Morgan fingerprint density at radius 1 is 1.58 bits per heavy atom. The Balaban J connectivity index is 2.93. The van der Waals surface area contributed by atoms with Crippen LogP contribution in [0.1, 0.15) is 4.88 Å². The van der Waals surface area contributed by atoms with Gasteiger partial charge >= 0.3 is 0 Å². The van der Waals surface area contributed by atoms with E-state index in [1.54, 1.807) is 24.6 Å². The highest BCUT2D eigenvalue weighted by atomic mass is 32.2. The highest BCUT2D eigenvalue weighted by Gasteiger charge is 2.24. The Kier molecular flexibility index (Phi) is 6.67. The lowest BCUT2D eigenvalue weighted by molar-refractivity contribution is 0.182. The van der Waals surface area contributed by atoms with Crippen LogP contribution in [-0.2, 0) is 21.3 Å². The van der Waals surface area contributed by atoms with E-state index >= 15 is 0 Å². The molecule has 5 nitrogen and oxygen atoms in total. The monoisotopic (exact) mass is 304 g/mol. The number of thiophene rings is 1. The van der Waals surface area contributed by atoms with Crippen LogP contribution in [-0.4, -0.2) is 46.6 Å². The number of sulfonamides is 1. The molecule has 0 bridgehead atoms. The maximum atomic E-state index is 12.5. The normalized spacial score (nSPS) is 11.9. The first-order chi connectivity index (χ1) is 9.06. The van der Waals surface area contributed by atoms with Crippen LogP contribution in [0.2, 0.25) is 0 Å². The Morgan fingerprint density at radius 2 is 2.32 bits per heavy atom. The van der Waals surface area contributed by atoms with Gasteiger partial charge in [0, 0.05) is 37.0 Å². The lowest BCUT2D eigenvalue weighted by atomic mass is 10.5. The maximum Gasteiger partial charge on any atom is 0.244 e. The van der Waals surface area contributed by atoms with Crippen LogP contribution in [0.15, 0.2) is 29.0 Å². The van der Waals surface area contributed by atoms with Gasteiger partial charge in [0.15, 0.2) is 0 Å². The van der Waals surface area contributed by atoms with Crippen LogP contribution in [0.4, 0.5) is 0 Å². The molecule has 0 radical (unpaired) electrons. The number of rotatable bonds is 9. The number of nitrogens with zero attached hydrogens (tertiary/aromatic N) is 1. The molecule has 0 saturated carbocycles. The van der Waals surface area contributed by atoms with Gasteiger partial charge in [-0.05, 0) is 13.1 Å². The van der Waals surface area contributed by atoms with Crippen LogP contribution in [0, 0.1) is 0 Å². The van der Waals surface area contributed by atoms with Crippen LogP contribution in [0.5, 0.6) is 0 Å². The van der Waals surface area contributed by atoms with Gasteiger partial charge in [-0.25, -0.2) is 8.42 Å². The van der Waals surface area contributed by atoms with E-state index in [1.165, 1.54) is 15.6 Å². The van der Waals surface area contributed by atoms with Crippen molar-refractivity contribution < 1.29 is 13.2 Å². The number of methoxy groups -OCH3 is 1. The predicted octanol–water partition coefficient (Wildman–Crippen LogP) is 1.29. The highest BCUT2D eigenvalue weighted by molar-refractivity contribution is 7.89. The molecule has 0 aliphatic heterocycles. The van der Waals surface area contributed by atoms with E-state index in [1.807, 2.05) is 7.05 Å². The molecule has 108 valence electrons. The molecule has 1 N–H and O–H groups in total. The summed E-state index contributed by atoms with van der Waals surface area (Å²) in [6, 6.07) is 1.71. The molecule has 0 unspecified atom stereocenters.